The van der Waals surface area contributed by atoms with Crippen molar-refractivity contribution in [3.05, 3.63) is 71.6 Å². The van der Waals surface area contributed by atoms with Gasteiger partial charge in [0.2, 0.25) is 0 Å². The average Bonchev–Trinajstić information content (AvgIpc) is 2.33. The minimum atomic E-state index is 0.919. The van der Waals surface area contributed by atoms with Gasteiger partial charge in [-0.05, 0) is 36.1 Å². The van der Waals surface area contributed by atoms with Crippen LogP contribution < -0.4 is 0 Å². The maximum atomic E-state index is 4.34. The molecule has 1 aromatic heterocycles. The molecule has 0 spiro atoms. The van der Waals surface area contributed by atoms with Crippen molar-refractivity contribution in [3.8, 4) is 0 Å². The summed E-state index contributed by atoms with van der Waals surface area (Å²) in [5.74, 6) is 0. The van der Waals surface area contributed by atoms with Crippen LogP contribution in [-0.2, 0) is 6.42 Å². The van der Waals surface area contributed by atoms with Gasteiger partial charge in [-0.2, -0.15) is 0 Å². The maximum Gasteiger partial charge on any atom is 0.0413 e. The molecule has 2 aromatic rings. The predicted octanol–water partition coefficient (Wildman–Crippen LogP) is 3.62. The maximum absolute atomic E-state index is 4.34. The van der Waals surface area contributed by atoms with E-state index in [1.807, 2.05) is 31.3 Å². The molecule has 1 heteroatoms. The van der Waals surface area contributed by atoms with E-state index < -0.39 is 0 Å². The van der Waals surface area contributed by atoms with Crippen molar-refractivity contribution >= 4 is 6.08 Å². The Morgan fingerprint density at radius 1 is 1.19 bits per heavy atom. The van der Waals surface area contributed by atoms with Gasteiger partial charge in [-0.15, -0.1) is 0 Å². The van der Waals surface area contributed by atoms with E-state index in [1.165, 1.54) is 16.7 Å². The summed E-state index contributed by atoms with van der Waals surface area (Å²) in [5.41, 5.74) is 4.84. The fourth-order valence-corrected chi connectivity index (χ4v) is 1.84. The first-order valence-electron chi connectivity index (χ1n) is 5.42. The van der Waals surface area contributed by atoms with Crippen LogP contribution >= 0.6 is 0 Å². The Morgan fingerprint density at radius 2 is 1.94 bits per heavy atom. The molecule has 0 bridgehead atoms. The van der Waals surface area contributed by atoms with Crippen LogP contribution in [0.2, 0.25) is 0 Å². The van der Waals surface area contributed by atoms with Gasteiger partial charge in [0.15, 0.2) is 0 Å². The molecule has 2 rings (SSSR count). The molecule has 0 aliphatic rings. The summed E-state index contributed by atoms with van der Waals surface area (Å²) in [4.78, 5) is 4.34. The molecule has 80 valence electrons. The SMILES string of the molecule is C=Cc1ccnc(C)c1Cc1ccccc1. The van der Waals surface area contributed by atoms with Crippen LogP contribution in [0.3, 0.4) is 0 Å². The highest BCUT2D eigenvalue weighted by Gasteiger charge is 2.04. The second kappa shape index (κ2) is 4.75. The summed E-state index contributed by atoms with van der Waals surface area (Å²) < 4.78 is 0. The molecule has 0 fully saturated rings. The first-order valence-corrected chi connectivity index (χ1v) is 5.42. The van der Waals surface area contributed by atoms with E-state index in [1.54, 1.807) is 0 Å². The number of aryl methyl sites for hydroxylation is 1. The lowest BCUT2D eigenvalue weighted by molar-refractivity contribution is 1.07. The molecule has 0 radical (unpaired) electrons. The van der Waals surface area contributed by atoms with Gasteiger partial charge in [-0.25, -0.2) is 0 Å². The molecule has 16 heavy (non-hydrogen) atoms. The summed E-state index contributed by atoms with van der Waals surface area (Å²) in [6.07, 6.45) is 4.65. The van der Waals surface area contributed by atoms with Crippen molar-refractivity contribution in [2.24, 2.45) is 0 Å². The zero-order chi connectivity index (χ0) is 11.4. The van der Waals surface area contributed by atoms with Gasteiger partial charge in [0.1, 0.15) is 0 Å². The molecule has 0 unspecified atom stereocenters. The van der Waals surface area contributed by atoms with E-state index >= 15 is 0 Å². The lowest BCUT2D eigenvalue weighted by Gasteiger charge is -2.08. The number of hydrogen-bond donors (Lipinski definition) is 0. The average molecular weight is 209 g/mol. The van der Waals surface area contributed by atoms with Crippen molar-refractivity contribution < 1.29 is 0 Å². The zero-order valence-corrected chi connectivity index (χ0v) is 9.48. The van der Waals surface area contributed by atoms with Crippen molar-refractivity contribution in [2.45, 2.75) is 13.3 Å². The van der Waals surface area contributed by atoms with Crippen LogP contribution in [0.4, 0.5) is 0 Å². The molecular formula is C15H15N. The number of pyridine rings is 1. The van der Waals surface area contributed by atoms with Crippen molar-refractivity contribution in [1.29, 1.82) is 0 Å². The number of rotatable bonds is 3. The summed E-state index contributed by atoms with van der Waals surface area (Å²) in [7, 11) is 0. The molecule has 0 amide bonds. The standard InChI is InChI=1S/C15H15N/c1-3-14-9-10-16-12(2)15(14)11-13-7-5-4-6-8-13/h3-10H,1,11H2,2H3. The normalized spacial score (nSPS) is 10.1. The molecule has 0 saturated carbocycles. The zero-order valence-electron chi connectivity index (χ0n) is 9.48. The molecule has 0 atom stereocenters. The van der Waals surface area contributed by atoms with Gasteiger partial charge in [0.25, 0.3) is 0 Å². The van der Waals surface area contributed by atoms with Crippen LogP contribution in [0.5, 0.6) is 0 Å². The highest BCUT2D eigenvalue weighted by atomic mass is 14.7. The van der Waals surface area contributed by atoms with Gasteiger partial charge in [0, 0.05) is 11.9 Å². The Hall–Kier alpha value is -1.89. The third-order valence-electron chi connectivity index (χ3n) is 2.75. The fourth-order valence-electron chi connectivity index (χ4n) is 1.84. The Kier molecular flexibility index (Phi) is 3.16. The van der Waals surface area contributed by atoms with Crippen LogP contribution in [0.15, 0.2) is 49.2 Å². The Balaban J connectivity index is 2.38. The Labute approximate surface area is 96.5 Å². The lowest BCUT2D eigenvalue weighted by Crippen LogP contribution is -1.97. The monoisotopic (exact) mass is 209 g/mol. The van der Waals surface area contributed by atoms with Crippen LogP contribution in [0, 0.1) is 6.92 Å². The van der Waals surface area contributed by atoms with Crippen molar-refractivity contribution in [2.75, 3.05) is 0 Å². The van der Waals surface area contributed by atoms with E-state index in [-0.39, 0.29) is 0 Å². The highest BCUT2D eigenvalue weighted by molar-refractivity contribution is 5.53. The quantitative estimate of drug-likeness (QED) is 0.752. The van der Waals surface area contributed by atoms with Gasteiger partial charge in [-0.1, -0.05) is 43.0 Å². The van der Waals surface area contributed by atoms with Crippen molar-refractivity contribution in [1.82, 2.24) is 4.98 Å². The number of aromatic nitrogens is 1. The molecular weight excluding hydrogens is 194 g/mol. The molecule has 0 aliphatic heterocycles. The predicted molar refractivity (Wildman–Crippen MR) is 68.3 cm³/mol. The van der Waals surface area contributed by atoms with Gasteiger partial charge >= 0.3 is 0 Å². The first kappa shape index (κ1) is 10.6. The number of hydrogen-bond acceptors (Lipinski definition) is 1. The summed E-state index contributed by atoms with van der Waals surface area (Å²) >= 11 is 0. The van der Waals surface area contributed by atoms with Gasteiger partial charge in [-0.3, -0.25) is 4.98 Å². The molecule has 0 saturated heterocycles. The highest BCUT2D eigenvalue weighted by Crippen LogP contribution is 2.17. The van der Waals surface area contributed by atoms with Crippen molar-refractivity contribution in [3.63, 3.8) is 0 Å². The first-order chi connectivity index (χ1) is 7.81. The minimum absolute atomic E-state index is 0.919. The number of benzene rings is 1. The van der Waals surface area contributed by atoms with Crippen LogP contribution in [-0.4, -0.2) is 4.98 Å². The van der Waals surface area contributed by atoms with Gasteiger partial charge < -0.3 is 0 Å². The summed E-state index contributed by atoms with van der Waals surface area (Å²) in [6, 6.07) is 12.5. The van der Waals surface area contributed by atoms with E-state index in [9.17, 15) is 0 Å². The number of nitrogens with zero attached hydrogens (tertiary/aromatic N) is 1. The summed E-state index contributed by atoms with van der Waals surface area (Å²) in [5, 5.41) is 0. The smallest absolute Gasteiger partial charge is 0.0413 e. The molecule has 1 aromatic carbocycles. The summed E-state index contributed by atoms with van der Waals surface area (Å²) in [6.45, 7) is 5.89. The van der Waals surface area contributed by atoms with E-state index in [2.05, 4.69) is 35.8 Å². The fraction of sp³-hybridized carbons (Fsp3) is 0.133. The largest absolute Gasteiger partial charge is 0.261 e. The second-order valence-electron chi connectivity index (χ2n) is 3.83. The molecule has 0 N–H and O–H groups in total. The third kappa shape index (κ3) is 2.19. The third-order valence-corrected chi connectivity index (χ3v) is 2.75. The van der Waals surface area contributed by atoms with Crippen LogP contribution in [0.1, 0.15) is 22.4 Å². The lowest BCUT2D eigenvalue weighted by atomic mass is 9.99. The molecule has 0 aliphatic carbocycles. The van der Waals surface area contributed by atoms with E-state index in [4.69, 9.17) is 0 Å². The molecule has 1 nitrogen and oxygen atoms in total. The Bertz CT molecular complexity index is 486. The second-order valence-corrected chi connectivity index (χ2v) is 3.83. The topological polar surface area (TPSA) is 12.9 Å². The Morgan fingerprint density at radius 3 is 2.62 bits per heavy atom. The van der Waals surface area contributed by atoms with Gasteiger partial charge in [0.05, 0.1) is 0 Å². The molecule has 1 heterocycles. The van der Waals surface area contributed by atoms with E-state index in [0.717, 1.165) is 12.1 Å². The van der Waals surface area contributed by atoms with Crippen LogP contribution in [0.25, 0.3) is 6.08 Å². The van der Waals surface area contributed by atoms with E-state index in [0.29, 0.717) is 0 Å². The minimum Gasteiger partial charge on any atom is -0.261 e.